The van der Waals surface area contributed by atoms with Crippen LogP contribution in [-0.4, -0.2) is 53.6 Å². The molecule has 1 aromatic carbocycles. The summed E-state index contributed by atoms with van der Waals surface area (Å²) in [6, 6.07) is 2.85. The number of imide groups is 1. The number of ether oxygens (including phenoxy) is 2. The van der Waals surface area contributed by atoms with Crippen LogP contribution >= 0.6 is 0 Å². The van der Waals surface area contributed by atoms with E-state index in [9.17, 15) is 22.8 Å². The van der Waals surface area contributed by atoms with Crippen molar-refractivity contribution in [2.24, 2.45) is 0 Å². The maximum Gasteiger partial charge on any atom is 0.338 e. The van der Waals surface area contributed by atoms with E-state index in [4.69, 9.17) is 9.47 Å². The van der Waals surface area contributed by atoms with E-state index in [1.54, 1.807) is 0 Å². The van der Waals surface area contributed by atoms with Gasteiger partial charge >= 0.3 is 12.0 Å². The van der Waals surface area contributed by atoms with Crippen molar-refractivity contribution in [2.45, 2.75) is 4.90 Å². The van der Waals surface area contributed by atoms with E-state index in [0.29, 0.717) is 0 Å². The number of hydrogen-bond donors (Lipinski definition) is 3. The third-order valence-electron chi connectivity index (χ3n) is 2.95. The zero-order chi connectivity index (χ0) is 19.7. The Bertz CT molecular complexity index is 805. The Kier molecular flexibility index (Phi) is 7.75. The molecule has 10 nitrogen and oxygen atoms in total. The van der Waals surface area contributed by atoms with Crippen LogP contribution in [-0.2, 0) is 19.6 Å². The maximum atomic E-state index is 12.0. The minimum atomic E-state index is -3.88. The summed E-state index contributed by atoms with van der Waals surface area (Å²) in [6.07, 6.45) is 1.42. The predicted octanol–water partition coefficient (Wildman–Crippen LogP) is -0.228. The number of nitrogens with one attached hydrogen (secondary N) is 3. The van der Waals surface area contributed by atoms with Crippen molar-refractivity contribution in [3.63, 3.8) is 0 Å². The van der Waals surface area contributed by atoms with Gasteiger partial charge in [-0.15, -0.1) is 6.58 Å². The lowest BCUT2D eigenvalue weighted by Gasteiger charge is -2.11. The predicted molar refractivity (Wildman–Crippen MR) is 91.3 cm³/mol. The van der Waals surface area contributed by atoms with Gasteiger partial charge in [0.2, 0.25) is 10.0 Å². The molecule has 0 atom stereocenters. The van der Waals surface area contributed by atoms with Crippen LogP contribution in [0.5, 0.6) is 5.75 Å². The highest BCUT2D eigenvalue weighted by Gasteiger charge is 2.21. The number of esters is 1. The van der Waals surface area contributed by atoms with Crippen LogP contribution in [0.25, 0.3) is 0 Å². The highest BCUT2D eigenvalue weighted by molar-refractivity contribution is 7.89. The number of carbonyl (C=O) groups is 3. The van der Waals surface area contributed by atoms with E-state index in [-0.39, 0.29) is 22.8 Å². The summed E-state index contributed by atoms with van der Waals surface area (Å²) in [5, 5.41) is 4.25. The fraction of sp³-hybridized carbons (Fsp3) is 0.267. The van der Waals surface area contributed by atoms with Crippen LogP contribution in [0.15, 0.2) is 35.7 Å². The van der Waals surface area contributed by atoms with Gasteiger partial charge in [0.1, 0.15) is 10.6 Å². The van der Waals surface area contributed by atoms with Gasteiger partial charge < -0.3 is 14.8 Å². The average Bonchev–Trinajstić information content (AvgIpc) is 2.63. The van der Waals surface area contributed by atoms with Crippen molar-refractivity contribution in [1.82, 2.24) is 15.4 Å². The normalized spacial score (nSPS) is 10.5. The second kappa shape index (κ2) is 9.53. The minimum Gasteiger partial charge on any atom is -0.495 e. The summed E-state index contributed by atoms with van der Waals surface area (Å²) in [4.78, 5) is 34.5. The fourth-order valence-corrected chi connectivity index (χ4v) is 2.63. The molecule has 1 aromatic rings. The molecule has 11 heteroatoms. The van der Waals surface area contributed by atoms with Crippen molar-refractivity contribution in [3.8, 4) is 5.75 Å². The maximum absolute atomic E-state index is 12.0. The molecule has 142 valence electrons. The topological polar surface area (TPSA) is 140 Å². The van der Waals surface area contributed by atoms with E-state index < -0.39 is 34.5 Å². The first-order chi connectivity index (χ1) is 12.2. The van der Waals surface area contributed by atoms with Crippen molar-refractivity contribution >= 4 is 27.9 Å². The average molecular weight is 385 g/mol. The Morgan fingerprint density at radius 1 is 1.27 bits per heavy atom. The second-order valence-electron chi connectivity index (χ2n) is 4.70. The van der Waals surface area contributed by atoms with Crippen LogP contribution in [0.4, 0.5) is 4.79 Å². The van der Waals surface area contributed by atoms with Gasteiger partial charge in [0, 0.05) is 6.54 Å². The highest BCUT2D eigenvalue weighted by Crippen LogP contribution is 2.24. The van der Waals surface area contributed by atoms with Crippen LogP contribution in [0.1, 0.15) is 10.4 Å². The van der Waals surface area contributed by atoms with Gasteiger partial charge in [0.05, 0.1) is 12.7 Å². The zero-order valence-electron chi connectivity index (χ0n) is 14.2. The van der Waals surface area contributed by atoms with E-state index in [1.807, 2.05) is 5.32 Å². The number of amides is 3. The Morgan fingerprint density at radius 2 is 1.96 bits per heavy atom. The number of benzene rings is 1. The molecule has 1 rings (SSSR count). The number of hydrogen-bond acceptors (Lipinski definition) is 7. The molecule has 26 heavy (non-hydrogen) atoms. The molecule has 0 bridgehead atoms. The molecule has 3 N–H and O–H groups in total. The Labute approximate surface area is 150 Å². The molecule has 0 spiro atoms. The van der Waals surface area contributed by atoms with E-state index in [2.05, 4.69) is 16.6 Å². The first-order valence-corrected chi connectivity index (χ1v) is 8.70. The number of carbonyl (C=O) groups excluding carboxylic acids is 3. The molecule has 0 aliphatic rings. The van der Waals surface area contributed by atoms with Crippen molar-refractivity contribution in [1.29, 1.82) is 0 Å². The Morgan fingerprint density at radius 3 is 2.54 bits per heavy atom. The molecule has 0 radical (unpaired) electrons. The van der Waals surface area contributed by atoms with Gasteiger partial charge in [0.15, 0.2) is 6.61 Å². The largest absolute Gasteiger partial charge is 0.495 e. The number of sulfonamides is 1. The molecule has 0 aromatic heterocycles. The highest BCUT2D eigenvalue weighted by atomic mass is 32.2. The summed E-state index contributed by atoms with van der Waals surface area (Å²) >= 11 is 0. The smallest absolute Gasteiger partial charge is 0.338 e. The van der Waals surface area contributed by atoms with E-state index in [1.165, 1.54) is 32.4 Å². The molecule has 3 amide bonds. The first kappa shape index (κ1) is 21.1. The van der Waals surface area contributed by atoms with Crippen LogP contribution < -0.4 is 20.1 Å². The van der Waals surface area contributed by atoms with Crippen molar-refractivity contribution < 1.29 is 32.3 Å². The summed E-state index contributed by atoms with van der Waals surface area (Å²) in [6.45, 7) is 2.83. The second-order valence-corrected chi connectivity index (χ2v) is 6.55. The quantitative estimate of drug-likeness (QED) is 0.415. The number of methoxy groups -OCH3 is 1. The van der Waals surface area contributed by atoms with Crippen LogP contribution in [0.2, 0.25) is 0 Å². The third kappa shape index (κ3) is 5.86. The SMILES string of the molecule is C=CCNC(=O)NC(=O)COC(=O)c1ccc(OC)c(S(=O)(=O)NC)c1. The molecule has 0 saturated heterocycles. The molecule has 0 saturated carbocycles. The minimum absolute atomic E-state index is 0.0348. The lowest BCUT2D eigenvalue weighted by molar-refractivity contribution is -0.123. The molecular weight excluding hydrogens is 366 g/mol. The van der Waals surface area contributed by atoms with Gasteiger partial charge in [-0.3, -0.25) is 10.1 Å². The summed E-state index contributed by atoms with van der Waals surface area (Å²) in [5.74, 6) is -1.76. The lowest BCUT2D eigenvalue weighted by atomic mass is 10.2. The van der Waals surface area contributed by atoms with Gasteiger partial charge in [-0.05, 0) is 25.2 Å². The standard InChI is InChI=1S/C15H19N3O7S/c1-4-7-17-15(21)18-13(19)9-25-14(20)10-5-6-11(24-3)12(8-10)26(22,23)16-2/h4-6,8,16H,1,7,9H2,2-3H3,(H2,17,18,19,21). The summed E-state index contributed by atoms with van der Waals surface area (Å²) in [5.41, 5.74) is -0.108. The molecule has 0 aliphatic heterocycles. The van der Waals surface area contributed by atoms with Gasteiger partial charge in [-0.25, -0.2) is 22.7 Å². The Balaban J connectivity index is 2.79. The van der Waals surface area contributed by atoms with Gasteiger partial charge in [-0.2, -0.15) is 0 Å². The van der Waals surface area contributed by atoms with Crippen LogP contribution in [0.3, 0.4) is 0 Å². The molecule has 0 aliphatic carbocycles. The first-order valence-electron chi connectivity index (χ1n) is 7.22. The van der Waals surface area contributed by atoms with E-state index in [0.717, 1.165) is 6.07 Å². The number of urea groups is 1. The summed E-state index contributed by atoms with van der Waals surface area (Å²) in [7, 11) is -1.38. The molecular formula is C15H19N3O7S. The Hall–Kier alpha value is -2.92. The molecule has 0 unspecified atom stereocenters. The zero-order valence-corrected chi connectivity index (χ0v) is 15.0. The fourth-order valence-electron chi connectivity index (χ4n) is 1.71. The van der Waals surface area contributed by atoms with Crippen LogP contribution in [0, 0.1) is 0 Å². The summed E-state index contributed by atoms with van der Waals surface area (Å²) < 4.78 is 35.8. The van der Waals surface area contributed by atoms with Crippen molar-refractivity contribution in [3.05, 3.63) is 36.4 Å². The number of rotatable bonds is 8. The molecule has 0 fully saturated rings. The lowest BCUT2D eigenvalue weighted by Crippen LogP contribution is -2.41. The van der Waals surface area contributed by atoms with Crippen molar-refractivity contribution in [2.75, 3.05) is 27.3 Å². The molecule has 0 heterocycles. The third-order valence-corrected chi connectivity index (χ3v) is 4.39. The monoisotopic (exact) mass is 385 g/mol. The van der Waals surface area contributed by atoms with Gasteiger partial charge in [0.25, 0.3) is 5.91 Å². The van der Waals surface area contributed by atoms with Gasteiger partial charge in [-0.1, -0.05) is 6.08 Å². The van der Waals surface area contributed by atoms with E-state index >= 15 is 0 Å².